The minimum Gasteiger partial charge on any atom is -0.489 e. The summed E-state index contributed by atoms with van der Waals surface area (Å²) in [5.74, 6) is 0.333. The predicted molar refractivity (Wildman–Crippen MR) is 72.1 cm³/mol. The topological polar surface area (TPSA) is 81.4 Å². The van der Waals surface area contributed by atoms with Gasteiger partial charge in [0, 0.05) is 5.69 Å². The van der Waals surface area contributed by atoms with E-state index < -0.39 is 10.0 Å². The highest BCUT2D eigenvalue weighted by atomic mass is 32.2. The third-order valence-corrected chi connectivity index (χ3v) is 3.98. The molecule has 0 bridgehead atoms. The third-order valence-electron chi connectivity index (χ3n) is 2.55. The molecule has 0 fully saturated rings. The second-order valence-corrected chi connectivity index (χ2v) is 5.99. The maximum atomic E-state index is 11.9. The van der Waals surface area contributed by atoms with Gasteiger partial charge in [0.05, 0.1) is 6.10 Å². The minimum atomic E-state index is -3.57. The van der Waals surface area contributed by atoms with Crippen molar-refractivity contribution in [2.24, 2.45) is 0 Å². The molecular weight excluding hydrogens is 252 g/mol. The van der Waals surface area contributed by atoms with E-state index in [9.17, 15) is 8.42 Å². The number of nitrogens with one attached hydrogen (secondary N) is 1. The molecule has 0 aliphatic carbocycles. The smallest absolute Gasteiger partial charge is 0.244 e. The molecule has 0 saturated heterocycles. The zero-order valence-corrected chi connectivity index (χ0v) is 11.8. The average Bonchev–Trinajstić information content (AvgIpc) is 2.31. The van der Waals surface area contributed by atoms with Gasteiger partial charge in [-0.2, -0.15) is 0 Å². The third kappa shape index (κ3) is 3.61. The summed E-state index contributed by atoms with van der Waals surface area (Å²) >= 11 is 0. The zero-order valence-electron chi connectivity index (χ0n) is 10.9. The van der Waals surface area contributed by atoms with Crippen LogP contribution in [0.1, 0.15) is 26.7 Å². The van der Waals surface area contributed by atoms with Crippen molar-refractivity contribution in [2.45, 2.75) is 37.7 Å². The lowest BCUT2D eigenvalue weighted by Crippen LogP contribution is -2.21. The second-order valence-electron chi connectivity index (χ2n) is 4.13. The van der Waals surface area contributed by atoms with Crippen LogP contribution in [-0.2, 0) is 10.0 Å². The van der Waals surface area contributed by atoms with Crippen LogP contribution in [0.15, 0.2) is 23.1 Å². The molecule has 0 amide bonds. The van der Waals surface area contributed by atoms with Gasteiger partial charge in [-0.3, -0.25) is 0 Å². The number of ether oxygens (including phenoxy) is 1. The Labute approximate surface area is 108 Å². The normalized spacial score (nSPS) is 13.3. The fraction of sp³-hybridized carbons (Fsp3) is 0.500. The fourth-order valence-electron chi connectivity index (χ4n) is 1.62. The Morgan fingerprint density at radius 1 is 1.44 bits per heavy atom. The van der Waals surface area contributed by atoms with Gasteiger partial charge in [0.2, 0.25) is 10.0 Å². The lowest BCUT2D eigenvalue weighted by atomic mass is 10.2. The summed E-state index contributed by atoms with van der Waals surface area (Å²) in [6.45, 7) is 3.96. The Bertz CT molecular complexity index is 500. The maximum Gasteiger partial charge on any atom is 0.244 e. The Morgan fingerprint density at radius 3 is 2.67 bits per heavy atom. The molecule has 0 radical (unpaired) electrons. The molecular formula is C12H20N2O3S. The Balaban J connectivity index is 3.12. The molecule has 1 atom stereocenters. The first-order valence-electron chi connectivity index (χ1n) is 5.90. The molecule has 0 spiro atoms. The Hall–Kier alpha value is -1.27. The fourth-order valence-corrected chi connectivity index (χ4v) is 2.52. The Morgan fingerprint density at radius 2 is 2.11 bits per heavy atom. The van der Waals surface area contributed by atoms with E-state index in [4.69, 9.17) is 10.5 Å². The molecule has 3 N–H and O–H groups in total. The minimum absolute atomic E-state index is 0.0376. The molecule has 0 saturated carbocycles. The lowest BCUT2D eigenvalue weighted by Gasteiger charge is -2.17. The van der Waals surface area contributed by atoms with Crippen LogP contribution in [-0.4, -0.2) is 21.6 Å². The first-order chi connectivity index (χ1) is 8.40. The first kappa shape index (κ1) is 14.8. The molecule has 5 nitrogen and oxygen atoms in total. The molecule has 0 aromatic heterocycles. The van der Waals surface area contributed by atoms with E-state index in [2.05, 4.69) is 4.72 Å². The number of rotatable bonds is 6. The number of nitrogen functional groups attached to an aromatic ring is 1. The highest BCUT2D eigenvalue weighted by Gasteiger charge is 2.19. The summed E-state index contributed by atoms with van der Waals surface area (Å²) in [5.41, 5.74) is 6.01. The van der Waals surface area contributed by atoms with Crippen molar-refractivity contribution in [3.63, 3.8) is 0 Å². The molecule has 18 heavy (non-hydrogen) atoms. The van der Waals surface area contributed by atoms with Crippen molar-refractivity contribution in [1.29, 1.82) is 0 Å². The molecule has 1 aromatic carbocycles. The van der Waals surface area contributed by atoms with Crippen molar-refractivity contribution in [3.8, 4) is 5.75 Å². The van der Waals surface area contributed by atoms with Gasteiger partial charge in [-0.05, 0) is 38.6 Å². The van der Waals surface area contributed by atoms with Crippen LogP contribution in [0, 0.1) is 0 Å². The SMILES string of the molecule is CCCC(C)Oc1ccc(N)cc1S(=O)(=O)NC. The number of anilines is 1. The van der Waals surface area contributed by atoms with Crippen molar-refractivity contribution in [1.82, 2.24) is 4.72 Å². The number of nitrogens with two attached hydrogens (primary N) is 1. The average molecular weight is 272 g/mol. The number of benzene rings is 1. The molecule has 0 aliphatic heterocycles. The van der Waals surface area contributed by atoms with Crippen LogP contribution in [0.3, 0.4) is 0 Å². The molecule has 1 aromatic rings. The Kier molecular flexibility index (Phi) is 4.98. The summed E-state index contributed by atoms with van der Waals surface area (Å²) in [6, 6.07) is 4.62. The zero-order chi connectivity index (χ0) is 13.8. The standard InChI is InChI=1S/C12H20N2O3S/c1-4-5-9(2)17-11-7-6-10(13)8-12(11)18(15,16)14-3/h6-9,14H,4-5,13H2,1-3H3. The van der Waals surface area contributed by atoms with Crippen molar-refractivity contribution >= 4 is 15.7 Å². The van der Waals surface area contributed by atoms with Gasteiger partial charge in [0.25, 0.3) is 0 Å². The van der Waals surface area contributed by atoms with E-state index in [0.29, 0.717) is 11.4 Å². The summed E-state index contributed by atoms with van der Waals surface area (Å²) < 4.78 is 31.7. The summed E-state index contributed by atoms with van der Waals surface area (Å²) in [6.07, 6.45) is 1.80. The van der Waals surface area contributed by atoms with Gasteiger partial charge in [0.1, 0.15) is 10.6 Å². The van der Waals surface area contributed by atoms with Gasteiger partial charge >= 0.3 is 0 Å². The van der Waals surface area contributed by atoms with E-state index in [1.807, 2.05) is 13.8 Å². The van der Waals surface area contributed by atoms with Crippen molar-refractivity contribution < 1.29 is 13.2 Å². The van der Waals surface area contributed by atoms with E-state index in [1.165, 1.54) is 13.1 Å². The van der Waals surface area contributed by atoms with E-state index in [-0.39, 0.29) is 11.0 Å². The molecule has 0 aliphatic rings. The predicted octanol–water partition coefficient (Wildman–Crippen LogP) is 1.74. The molecule has 6 heteroatoms. The number of hydrogen-bond donors (Lipinski definition) is 2. The number of sulfonamides is 1. The van der Waals surface area contributed by atoms with Crippen LogP contribution in [0.4, 0.5) is 5.69 Å². The van der Waals surface area contributed by atoms with E-state index >= 15 is 0 Å². The molecule has 0 heterocycles. The molecule has 1 unspecified atom stereocenters. The van der Waals surface area contributed by atoms with Gasteiger partial charge in [-0.25, -0.2) is 13.1 Å². The monoisotopic (exact) mass is 272 g/mol. The van der Waals surface area contributed by atoms with Gasteiger partial charge < -0.3 is 10.5 Å². The van der Waals surface area contributed by atoms with Crippen LogP contribution in [0.5, 0.6) is 5.75 Å². The van der Waals surface area contributed by atoms with Crippen LogP contribution < -0.4 is 15.2 Å². The van der Waals surface area contributed by atoms with E-state index in [0.717, 1.165) is 12.8 Å². The van der Waals surface area contributed by atoms with Crippen LogP contribution in [0.25, 0.3) is 0 Å². The quantitative estimate of drug-likeness (QED) is 0.773. The molecule has 1 rings (SSSR count). The van der Waals surface area contributed by atoms with Gasteiger partial charge in [0.15, 0.2) is 0 Å². The lowest BCUT2D eigenvalue weighted by molar-refractivity contribution is 0.204. The van der Waals surface area contributed by atoms with Gasteiger partial charge in [-0.15, -0.1) is 0 Å². The second kappa shape index (κ2) is 6.06. The largest absolute Gasteiger partial charge is 0.489 e. The van der Waals surface area contributed by atoms with Crippen molar-refractivity contribution in [3.05, 3.63) is 18.2 Å². The van der Waals surface area contributed by atoms with Crippen LogP contribution in [0.2, 0.25) is 0 Å². The van der Waals surface area contributed by atoms with Crippen molar-refractivity contribution in [2.75, 3.05) is 12.8 Å². The highest BCUT2D eigenvalue weighted by molar-refractivity contribution is 7.89. The molecule has 102 valence electrons. The van der Waals surface area contributed by atoms with Gasteiger partial charge in [-0.1, -0.05) is 13.3 Å². The summed E-state index contributed by atoms with van der Waals surface area (Å²) in [5, 5.41) is 0. The van der Waals surface area contributed by atoms with Crippen LogP contribution >= 0.6 is 0 Å². The number of hydrogen-bond acceptors (Lipinski definition) is 4. The first-order valence-corrected chi connectivity index (χ1v) is 7.38. The summed E-state index contributed by atoms with van der Waals surface area (Å²) in [7, 11) is -2.21. The highest BCUT2D eigenvalue weighted by Crippen LogP contribution is 2.27. The van der Waals surface area contributed by atoms with E-state index in [1.54, 1.807) is 12.1 Å². The summed E-state index contributed by atoms with van der Waals surface area (Å²) in [4.78, 5) is 0.0768. The maximum absolute atomic E-state index is 11.9.